The third-order valence-electron chi connectivity index (χ3n) is 9.94. The van der Waals surface area contributed by atoms with Crippen LogP contribution in [0.1, 0.15) is 5.56 Å². The van der Waals surface area contributed by atoms with Crippen LogP contribution in [-0.4, -0.2) is 29.9 Å². The van der Waals surface area contributed by atoms with Crippen molar-refractivity contribution in [1.29, 1.82) is 5.26 Å². The molecule has 10 rings (SSSR count). The van der Waals surface area contributed by atoms with Crippen LogP contribution in [0.4, 0.5) is 0 Å². The van der Waals surface area contributed by atoms with E-state index in [-0.39, 0.29) is 0 Å². The van der Waals surface area contributed by atoms with Gasteiger partial charge >= 0.3 is 0 Å². The summed E-state index contributed by atoms with van der Waals surface area (Å²) >= 11 is 0. The van der Waals surface area contributed by atoms with Gasteiger partial charge in [0.1, 0.15) is 11.6 Å². The molecule has 0 aliphatic carbocycles. The van der Waals surface area contributed by atoms with E-state index in [9.17, 15) is 5.26 Å². The standard InChI is InChI=1S/C49H29N7/c50-30-35-29-39-41(46-44(35)52-42(31-17-5-1-6-18-31)43(53-46)32-19-7-2-8-20-32)38-27-15-16-28-40(38)51-45(39)36-25-13-14-26-37(36)49-55-47(33-21-9-3-10-22-33)54-48(56-49)34-23-11-4-12-24-34/h1-29H. The van der Waals surface area contributed by atoms with Crippen LogP contribution in [0.15, 0.2) is 176 Å². The van der Waals surface area contributed by atoms with Crippen molar-refractivity contribution in [2.45, 2.75) is 0 Å². The quantitative estimate of drug-likeness (QED) is 0.158. The van der Waals surface area contributed by atoms with Crippen molar-refractivity contribution in [3.63, 3.8) is 0 Å². The second kappa shape index (κ2) is 13.8. The lowest BCUT2D eigenvalue weighted by Gasteiger charge is -2.17. The molecule has 56 heavy (non-hydrogen) atoms. The van der Waals surface area contributed by atoms with Gasteiger partial charge in [0.15, 0.2) is 17.5 Å². The summed E-state index contributed by atoms with van der Waals surface area (Å²) < 4.78 is 0. The van der Waals surface area contributed by atoms with Crippen molar-refractivity contribution in [3.8, 4) is 74.0 Å². The summed E-state index contributed by atoms with van der Waals surface area (Å²) in [7, 11) is 0. The zero-order valence-corrected chi connectivity index (χ0v) is 29.9. The molecule has 260 valence electrons. The molecule has 0 aliphatic rings. The molecule has 0 spiro atoms. The highest BCUT2D eigenvalue weighted by Gasteiger charge is 2.23. The zero-order valence-electron chi connectivity index (χ0n) is 29.9. The lowest BCUT2D eigenvalue weighted by Crippen LogP contribution is -2.02. The third-order valence-corrected chi connectivity index (χ3v) is 9.94. The minimum absolute atomic E-state index is 0.408. The van der Waals surface area contributed by atoms with Gasteiger partial charge in [-0.05, 0) is 12.1 Å². The number of rotatable bonds is 6. The number of nitriles is 1. The van der Waals surface area contributed by atoms with Crippen LogP contribution in [0.3, 0.4) is 0 Å². The Morgan fingerprint density at radius 1 is 0.357 bits per heavy atom. The van der Waals surface area contributed by atoms with Gasteiger partial charge in [0.25, 0.3) is 0 Å². The van der Waals surface area contributed by atoms with Crippen LogP contribution in [0.2, 0.25) is 0 Å². The molecule has 0 saturated heterocycles. The molecule has 3 aromatic heterocycles. The number of benzene rings is 7. The van der Waals surface area contributed by atoms with Crippen LogP contribution in [0, 0.1) is 11.3 Å². The highest BCUT2D eigenvalue weighted by molar-refractivity contribution is 6.22. The summed E-state index contributed by atoms with van der Waals surface area (Å²) in [6.07, 6.45) is 0. The minimum atomic E-state index is 0.408. The molecule has 0 fully saturated rings. The smallest absolute Gasteiger partial charge is 0.164 e. The van der Waals surface area contributed by atoms with Crippen LogP contribution < -0.4 is 0 Å². The molecule has 0 N–H and O–H groups in total. The second-order valence-electron chi connectivity index (χ2n) is 13.4. The van der Waals surface area contributed by atoms with E-state index in [0.717, 1.165) is 60.8 Å². The predicted molar refractivity (Wildman–Crippen MR) is 223 cm³/mol. The largest absolute Gasteiger partial charge is 0.247 e. The average molecular weight is 716 g/mol. The normalized spacial score (nSPS) is 11.2. The van der Waals surface area contributed by atoms with Gasteiger partial charge in [-0.25, -0.2) is 29.9 Å². The van der Waals surface area contributed by atoms with E-state index in [1.54, 1.807) is 0 Å². The van der Waals surface area contributed by atoms with Gasteiger partial charge in [-0.1, -0.05) is 164 Å². The molecule has 7 heteroatoms. The molecule has 7 nitrogen and oxygen atoms in total. The van der Waals surface area contributed by atoms with E-state index in [2.05, 4.69) is 12.1 Å². The number of aromatic nitrogens is 6. The molecular weight excluding hydrogens is 687 g/mol. The Balaban J connectivity index is 1.29. The molecule has 0 amide bonds. The maximum absolute atomic E-state index is 10.8. The average Bonchev–Trinajstić information content (AvgIpc) is 3.29. The van der Waals surface area contributed by atoms with E-state index >= 15 is 0 Å². The highest BCUT2D eigenvalue weighted by atomic mass is 15.0. The van der Waals surface area contributed by atoms with Crippen molar-refractivity contribution in [2.24, 2.45) is 0 Å². The zero-order chi connectivity index (χ0) is 37.4. The van der Waals surface area contributed by atoms with E-state index in [4.69, 9.17) is 29.9 Å². The van der Waals surface area contributed by atoms with Gasteiger partial charge in [-0.15, -0.1) is 0 Å². The predicted octanol–water partition coefficient (Wildman–Crippen LogP) is 11.4. The molecule has 0 aliphatic heterocycles. The van der Waals surface area contributed by atoms with E-state index in [0.29, 0.717) is 45.5 Å². The highest BCUT2D eigenvalue weighted by Crippen LogP contribution is 2.42. The lowest BCUT2D eigenvalue weighted by molar-refractivity contribution is 1.07. The summed E-state index contributed by atoms with van der Waals surface area (Å²) in [6.45, 7) is 0. The van der Waals surface area contributed by atoms with Crippen LogP contribution in [0.25, 0.3) is 101 Å². The molecule has 10 aromatic rings. The van der Waals surface area contributed by atoms with Crippen molar-refractivity contribution in [1.82, 2.24) is 29.9 Å². The number of pyridine rings is 1. The summed E-state index contributed by atoms with van der Waals surface area (Å²) in [5.41, 5.74) is 9.70. The molecule has 0 atom stereocenters. The fourth-order valence-electron chi connectivity index (χ4n) is 7.33. The van der Waals surface area contributed by atoms with Crippen molar-refractivity contribution < 1.29 is 0 Å². The lowest BCUT2D eigenvalue weighted by atomic mass is 9.93. The minimum Gasteiger partial charge on any atom is -0.247 e. The summed E-state index contributed by atoms with van der Waals surface area (Å²) in [5.74, 6) is 1.64. The van der Waals surface area contributed by atoms with Crippen LogP contribution >= 0.6 is 0 Å². The molecule has 0 saturated carbocycles. The molecule has 3 heterocycles. The topological polar surface area (TPSA) is 101 Å². The maximum Gasteiger partial charge on any atom is 0.164 e. The molecular formula is C49H29N7. The Bertz CT molecular complexity index is 3070. The van der Waals surface area contributed by atoms with E-state index in [1.807, 2.05) is 170 Å². The number of para-hydroxylation sites is 1. The van der Waals surface area contributed by atoms with E-state index in [1.165, 1.54) is 0 Å². The summed E-state index contributed by atoms with van der Waals surface area (Å²) in [6, 6.07) is 60.4. The number of hydrogen-bond acceptors (Lipinski definition) is 7. The Kier molecular flexibility index (Phi) is 8.05. The molecule has 0 unspecified atom stereocenters. The van der Waals surface area contributed by atoms with Gasteiger partial charge < -0.3 is 0 Å². The van der Waals surface area contributed by atoms with Gasteiger partial charge in [0.2, 0.25) is 0 Å². The van der Waals surface area contributed by atoms with Gasteiger partial charge in [-0.3, -0.25) is 0 Å². The van der Waals surface area contributed by atoms with Gasteiger partial charge in [-0.2, -0.15) is 5.26 Å². The molecule has 0 radical (unpaired) electrons. The first kappa shape index (κ1) is 32.7. The number of fused-ring (bicyclic) bond motifs is 5. The van der Waals surface area contributed by atoms with Crippen molar-refractivity contribution in [3.05, 3.63) is 181 Å². The number of hydrogen-bond donors (Lipinski definition) is 0. The maximum atomic E-state index is 10.8. The Morgan fingerprint density at radius 3 is 1.39 bits per heavy atom. The van der Waals surface area contributed by atoms with Crippen LogP contribution in [0.5, 0.6) is 0 Å². The Hall–Kier alpha value is -7.95. The summed E-state index contributed by atoms with van der Waals surface area (Å²) in [4.78, 5) is 31.1. The van der Waals surface area contributed by atoms with Gasteiger partial charge in [0, 0.05) is 49.5 Å². The van der Waals surface area contributed by atoms with Crippen LogP contribution in [-0.2, 0) is 0 Å². The first-order valence-electron chi connectivity index (χ1n) is 18.3. The fraction of sp³-hybridized carbons (Fsp3) is 0. The Morgan fingerprint density at radius 2 is 0.821 bits per heavy atom. The third kappa shape index (κ3) is 5.70. The van der Waals surface area contributed by atoms with E-state index < -0.39 is 0 Å². The van der Waals surface area contributed by atoms with Crippen molar-refractivity contribution >= 4 is 32.7 Å². The Labute approximate surface area is 322 Å². The second-order valence-corrected chi connectivity index (χ2v) is 13.4. The summed E-state index contributed by atoms with van der Waals surface area (Å²) in [5, 5.41) is 13.3. The number of nitrogens with zero attached hydrogens (tertiary/aromatic N) is 7. The van der Waals surface area contributed by atoms with Gasteiger partial charge in [0.05, 0.1) is 33.7 Å². The molecule has 7 aromatic carbocycles. The van der Waals surface area contributed by atoms with Crippen molar-refractivity contribution in [2.75, 3.05) is 0 Å². The monoisotopic (exact) mass is 715 g/mol. The molecule has 0 bridgehead atoms. The first-order valence-corrected chi connectivity index (χ1v) is 18.3. The SMILES string of the molecule is N#Cc1cc2c(-c3ccccc3-c3nc(-c4ccccc4)nc(-c4ccccc4)n3)nc3ccccc3c2c2nc(-c3ccccc3)c(-c3ccccc3)nc12. The first-order chi connectivity index (χ1) is 27.7. The fourth-order valence-corrected chi connectivity index (χ4v) is 7.33.